The standard InChI is InChI=1S/C16H11N5O5/c1-2-25-16(22)13-12-11(8-5-3-4-6-10(8)21(23)24)9(7-17)14(18)26-15(12)20-19-13/h3-6,18H,2H2,1H3,(H,19,20). The predicted octanol–water partition coefficient (Wildman–Crippen LogP) is 2.26. The van der Waals surface area contributed by atoms with Crippen LogP contribution in [0.4, 0.5) is 5.69 Å². The number of rotatable bonds is 4. The summed E-state index contributed by atoms with van der Waals surface area (Å²) in [6, 6.07) is 7.52. The van der Waals surface area contributed by atoms with Gasteiger partial charge in [0.1, 0.15) is 11.6 Å². The number of nitrogens with zero attached hydrogens (tertiary/aromatic N) is 3. The summed E-state index contributed by atoms with van der Waals surface area (Å²) in [5, 5.41) is 35.1. The zero-order chi connectivity index (χ0) is 18.8. The fourth-order valence-corrected chi connectivity index (χ4v) is 2.59. The minimum absolute atomic E-state index is 0.0165. The molecule has 0 radical (unpaired) electrons. The number of carbonyl (C=O) groups is 1. The van der Waals surface area contributed by atoms with E-state index >= 15 is 0 Å². The molecule has 26 heavy (non-hydrogen) atoms. The molecule has 0 saturated carbocycles. The molecule has 0 amide bonds. The third-order valence-corrected chi connectivity index (χ3v) is 3.62. The van der Waals surface area contributed by atoms with Gasteiger partial charge in [-0.25, -0.2) is 4.79 Å². The summed E-state index contributed by atoms with van der Waals surface area (Å²) in [5.74, 6) is -0.758. The second-order valence-electron chi connectivity index (χ2n) is 5.07. The lowest BCUT2D eigenvalue weighted by Crippen LogP contribution is -2.10. The number of carbonyl (C=O) groups excluding carboxylic acids is 1. The van der Waals surface area contributed by atoms with Gasteiger partial charge in [-0.1, -0.05) is 12.1 Å². The van der Waals surface area contributed by atoms with Gasteiger partial charge in [-0.3, -0.25) is 20.6 Å². The molecule has 0 unspecified atom stereocenters. The Morgan fingerprint density at radius 3 is 2.88 bits per heavy atom. The lowest BCUT2D eigenvalue weighted by molar-refractivity contribution is -0.384. The van der Waals surface area contributed by atoms with Gasteiger partial charge < -0.3 is 9.15 Å². The van der Waals surface area contributed by atoms with Gasteiger partial charge in [-0.2, -0.15) is 5.26 Å². The number of benzene rings is 1. The van der Waals surface area contributed by atoms with Crippen LogP contribution in [0, 0.1) is 26.9 Å². The molecule has 0 fully saturated rings. The minimum atomic E-state index is -0.758. The summed E-state index contributed by atoms with van der Waals surface area (Å²) in [7, 11) is 0. The first kappa shape index (κ1) is 16.8. The predicted molar refractivity (Wildman–Crippen MR) is 87.0 cm³/mol. The Morgan fingerprint density at radius 2 is 2.23 bits per heavy atom. The molecule has 0 aliphatic heterocycles. The fraction of sp³-hybridized carbons (Fsp3) is 0.125. The quantitative estimate of drug-likeness (QED) is 0.413. The highest BCUT2D eigenvalue weighted by Crippen LogP contribution is 2.37. The van der Waals surface area contributed by atoms with Crippen molar-refractivity contribution in [2.45, 2.75) is 6.92 Å². The van der Waals surface area contributed by atoms with E-state index in [4.69, 9.17) is 14.6 Å². The van der Waals surface area contributed by atoms with E-state index in [9.17, 15) is 20.2 Å². The number of ether oxygens (including phenoxy) is 1. The number of esters is 1. The second-order valence-corrected chi connectivity index (χ2v) is 5.07. The van der Waals surface area contributed by atoms with Crippen molar-refractivity contribution in [3.8, 4) is 17.2 Å². The molecule has 3 aromatic rings. The van der Waals surface area contributed by atoms with E-state index in [1.54, 1.807) is 13.0 Å². The van der Waals surface area contributed by atoms with E-state index < -0.39 is 16.4 Å². The van der Waals surface area contributed by atoms with Crippen molar-refractivity contribution in [1.82, 2.24) is 10.2 Å². The van der Waals surface area contributed by atoms with Crippen LogP contribution in [0.1, 0.15) is 23.0 Å². The average Bonchev–Trinajstić information content (AvgIpc) is 3.04. The molecule has 2 aromatic heterocycles. The van der Waals surface area contributed by atoms with Crippen LogP contribution in [0.15, 0.2) is 28.7 Å². The molecule has 10 heteroatoms. The van der Waals surface area contributed by atoms with Crippen LogP contribution in [0.2, 0.25) is 0 Å². The van der Waals surface area contributed by atoms with E-state index in [0.29, 0.717) is 0 Å². The van der Waals surface area contributed by atoms with Gasteiger partial charge in [0.25, 0.3) is 5.69 Å². The maximum absolute atomic E-state index is 12.2. The Kier molecular flexibility index (Phi) is 4.20. The number of nitriles is 1. The Balaban J connectivity index is 2.49. The van der Waals surface area contributed by atoms with Gasteiger partial charge >= 0.3 is 5.97 Å². The second kappa shape index (κ2) is 6.48. The van der Waals surface area contributed by atoms with Gasteiger partial charge in [0.15, 0.2) is 5.69 Å². The van der Waals surface area contributed by atoms with Crippen molar-refractivity contribution < 1.29 is 18.9 Å². The summed E-state index contributed by atoms with van der Waals surface area (Å²) in [5.41, 5.74) is -1.22. The number of fused-ring (bicyclic) bond motifs is 1. The average molecular weight is 353 g/mol. The molecular formula is C16H11N5O5. The molecule has 0 aliphatic carbocycles. The van der Waals surface area contributed by atoms with Crippen LogP contribution in [0.25, 0.3) is 22.2 Å². The first-order chi connectivity index (χ1) is 12.5. The maximum Gasteiger partial charge on any atom is 0.357 e. The highest BCUT2D eigenvalue weighted by molar-refractivity contribution is 6.08. The molecule has 3 rings (SSSR count). The Bertz CT molecular complexity index is 1140. The Morgan fingerprint density at radius 1 is 1.50 bits per heavy atom. The number of hydrogen-bond donors (Lipinski definition) is 2. The van der Waals surface area contributed by atoms with Gasteiger partial charge in [-0.15, -0.1) is 5.10 Å². The number of nitro benzene ring substituents is 1. The largest absolute Gasteiger partial charge is 0.461 e. The Hall–Kier alpha value is -4.00. The molecule has 2 heterocycles. The number of para-hydroxylation sites is 1. The van der Waals surface area contributed by atoms with E-state index in [2.05, 4.69) is 10.2 Å². The lowest BCUT2D eigenvalue weighted by Gasteiger charge is -2.08. The number of aromatic nitrogens is 2. The topological polar surface area (TPSA) is 159 Å². The highest BCUT2D eigenvalue weighted by atomic mass is 16.6. The zero-order valence-electron chi connectivity index (χ0n) is 13.4. The molecule has 0 spiro atoms. The van der Waals surface area contributed by atoms with Crippen LogP contribution >= 0.6 is 0 Å². The van der Waals surface area contributed by atoms with Crippen LogP contribution in [0.5, 0.6) is 0 Å². The third kappa shape index (κ3) is 2.57. The lowest BCUT2D eigenvalue weighted by atomic mass is 9.96. The summed E-state index contributed by atoms with van der Waals surface area (Å²) in [4.78, 5) is 23.0. The molecule has 0 saturated heterocycles. The molecule has 1 aromatic carbocycles. The SMILES string of the molecule is CCOC(=O)c1[nH]nc2oc(=N)c(C#N)c(-c3ccccc3[N+](=O)[O-])c12. The summed E-state index contributed by atoms with van der Waals surface area (Å²) in [6.45, 7) is 1.71. The highest BCUT2D eigenvalue weighted by Gasteiger charge is 2.27. The number of nitrogens with one attached hydrogen (secondary N) is 2. The molecule has 0 bridgehead atoms. The van der Waals surface area contributed by atoms with Crippen molar-refractivity contribution in [1.29, 1.82) is 10.7 Å². The van der Waals surface area contributed by atoms with Crippen LogP contribution in [0.3, 0.4) is 0 Å². The Labute approximate surface area is 145 Å². The fourth-order valence-electron chi connectivity index (χ4n) is 2.59. The van der Waals surface area contributed by atoms with Crippen molar-refractivity contribution >= 4 is 22.8 Å². The molecule has 2 N–H and O–H groups in total. The van der Waals surface area contributed by atoms with Crippen molar-refractivity contribution in [3.63, 3.8) is 0 Å². The van der Waals surface area contributed by atoms with Gasteiger partial charge in [0, 0.05) is 11.6 Å². The summed E-state index contributed by atoms with van der Waals surface area (Å²) in [6.07, 6.45) is 0. The van der Waals surface area contributed by atoms with Crippen molar-refractivity contribution in [2.75, 3.05) is 6.61 Å². The van der Waals surface area contributed by atoms with Crippen molar-refractivity contribution in [3.05, 3.63) is 51.2 Å². The molecular weight excluding hydrogens is 342 g/mol. The van der Waals surface area contributed by atoms with E-state index in [0.717, 1.165) is 0 Å². The van der Waals surface area contributed by atoms with Crippen LogP contribution in [-0.4, -0.2) is 27.7 Å². The summed E-state index contributed by atoms with van der Waals surface area (Å²) < 4.78 is 10.1. The first-order valence-electron chi connectivity index (χ1n) is 7.40. The first-order valence-corrected chi connectivity index (χ1v) is 7.40. The van der Waals surface area contributed by atoms with Gasteiger partial charge in [-0.05, 0) is 13.0 Å². The number of nitro groups is 1. The number of H-pyrrole nitrogens is 1. The van der Waals surface area contributed by atoms with Crippen molar-refractivity contribution in [2.24, 2.45) is 0 Å². The van der Waals surface area contributed by atoms with Crippen LogP contribution in [-0.2, 0) is 4.74 Å². The smallest absolute Gasteiger partial charge is 0.357 e. The maximum atomic E-state index is 12.2. The number of aromatic amines is 1. The summed E-state index contributed by atoms with van der Waals surface area (Å²) >= 11 is 0. The van der Waals surface area contributed by atoms with E-state index in [-0.39, 0.29) is 45.8 Å². The molecule has 0 atom stereocenters. The third-order valence-electron chi connectivity index (χ3n) is 3.62. The zero-order valence-corrected chi connectivity index (χ0v) is 13.4. The molecule has 130 valence electrons. The molecule has 0 aliphatic rings. The van der Waals surface area contributed by atoms with Gasteiger partial charge in [0.2, 0.25) is 11.3 Å². The van der Waals surface area contributed by atoms with Crippen LogP contribution < -0.4 is 5.55 Å². The monoisotopic (exact) mass is 353 g/mol. The van der Waals surface area contributed by atoms with Gasteiger partial charge in [0.05, 0.1) is 22.5 Å². The minimum Gasteiger partial charge on any atom is -0.461 e. The van der Waals surface area contributed by atoms with E-state index in [1.807, 2.05) is 6.07 Å². The normalized spacial score (nSPS) is 10.5. The molecule has 10 nitrogen and oxygen atoms in total. The van der Waals surface area contributed by atoms with E-state index in [1.165, 1.54) is 18.2 Å². The number of hydrogen-bond acceptors (Lipinski definition) is 8.